The molecular formula is C11H19NO4. The maximum atomic E-state index is 11.4. The van der Waals surface area contributed by atoms with E-state index < -0.39 is 5.97 Å². The third kappa shape index (κ3) is 3.40. The average Bonchev–Trinajstić information content (AvgIpc) is 2.54. The Kier molecular flexibility index (Phi) is 4.58. The molecule has 0 spiro atoms. The molecule has 5 nitrogen and oxygen atoms in total. The lowest BCUT2D eigenvalue weighted by Gasteiger charge is -2.23. The molecule has 0 radical (unpaired) electrons. The summed E-state index contributed by atoms with van der Waals surface area (Å²) in [6.07, 6.45) is 1.21. The van der Waals surface area contributed by atoms with Crippen LogP contribution in [0.2, 0.25) is 0 Å². The van der Waals surface area contributed by atoms with E-state index in [1.165, 1.54) is 0 Å². The molecule has 5 heteroatoms. The number of hydrogen-bond donors (Lipinski definition) is 1. The Morgan fingerprint density at radius 1 is 1.56 bits per heavy atom. The first-order chi connectivity index (χ1) is 7.52. The Balaban J connectivity index is 2.33. The Morgan fingerprint density at radius 3 is 2.81 bits per heavy atom. The van der Waals surface area contributed by atoms with Crippen LogP contribution in [0.15, 0.2) is 0 Å². The highest BCUT2D eigenvalue weighted by Gasteiger charge is 2.34. The van der Waals surface area contributed by atoms with Gasteiger partial charge in [-0.1, -0.05) is 13.8 Å². The van der Waals surface area contributed by atoms with Crippen molar-refractivity contribution < 1.29 is 19.4 Å². The molecule has 0 saturated carbocycles. The Labute approximate surface area is 95.4 Å². The summed E-state index contributed by atoms with van der Waals surface area (Å²) in [7, 11) is 0. The fraction of sp³-hybridized carbons (Fsp3) is 0.818. The van der Waals surface area contributed by atoms with Gasteiger partial charge < -0.3 is 14.7 Å². The van der Waals surface area contributed by atoms with Crippen LogP contribution in [0.1, 0.15) is 33.1 Å². The molecule has 1 saturated heterocycles. The molecule has 1 heterocycles. The van der Waals surface area contributed by atoms with Crippen LogP contribution in [0.3, 0.4) is 0 Å². The smallest absolute Gasteiger partial charge is 0.410 e. The van der Waals surface area contributed by atoms with Gasteiger partial charge in [0.25, 0.3) is 0 Å². The molecule has 1 fully saturated rings. The van der Waals surface area contributed by atoms with E-state index in [0.29, 0.717) is 31.9 Å². The van der Waals surface area contributed by atoms with Crippen molar-refractivity contribution in [1.29, 1.82) is 0 Å². The van der Waals surface area contributed by atoms with E-state index in [1.807, 2.05) is 0 Å². The van der Waals surface area contributed by atoms with E-state index in [-0.39, 0.29) is 18.6 Å². The molecule has 92 valence electrons. The molecular weight excluding hydrogens is 210 g/mol. The molecule has 16 heavy (non-hydrogen) atoms. The van der Waals surface area contributed by atoms with Gasteiger partial charge in [-0.25, -0.2) is 4.79 Å². The molecule has 1 aliphatic heterocycles. The van der Waals surface area contributed by atoms with Crippen molar-refractivity contribution in [3.05, 3.63) is 0 Å². The predicted molar refractivity (Wildman–Crippen MR) is 58.2 cm³/mol. The number of amides is 1. The van der Waals surface area contributed by atoms with Crippen LogP contribution in [-0.4, -0.2) is 41.3 Å². The molecule has 1 rings (SSSR count). The zero-order valence-corrected chi connectivity index (χ0v) is 9.81. The van der Waals surface area contributed by atoms with E-state index in [2.05, 4.69) is 13.8 Å². The number of cyclic esters (lactones) is 1. The largest absolute Gasteiger partial charge is 0.481 e. The van der Waals surface area contributed by atoms with Crippen LogP contribution < -0.4 is 0 Å². The lowest BCUT2D eigenvalue weighted by atomic mass is 10.0. The van der Waals surface area contributed by atoms with Gasteiger partial charge >= 0.3 is 12.1 Å². The van der Waals surface area contributed by atoms with Crippen LogP contribution in [0.5, 0.6) is 0 Å². The number of nitrogens with zero attached hydrogens (tertiary/aromatic N) is 1. The van der Waals surface area contributed by atoms with Gasteiger partial charge in [-0.05, 0) is 18.8 Å². The van der Waals surface area contributed by atoms with Crippen LogP contribution >= 0.6 is 0 Å². The normalized spacial score (nSPS) is 20.3. The summed E-state index contributed by atoms with van der Waals surface area (Å²) in [6.45, 7) is 5.15. The van der Waals surface area contributed by atoms with Gasteiger partial charge in [-0.3, -0.25) is 4.79 Å². The average molecular weight is 229 g/mol. The van der Waals surface area contributed by atoms with Crippen LogP contribution in [0.4, 0.5) is 4.79 Å². The Morgan fingerprint density at radius 2 is 2.25 bits per heavy atom. The second-order valence-electron chi connectivity index (χ2n) is 4.43. The minimum Gasteiger partial charge on any atom is -0.481 e. The van der Waals surface area contributed by atoms with Gasteiger partial charge in [0.1, 0.15) is 6.61 Å². The summed E-state index contributed by atoms with van der Waals surface area (Å²) < 4.78 is 4.99. The lowest BCUT2D eigenvalue weighted by Crippen LogP contribution is -2.37. The van der Waals surface area contributed by atoms with Crippen molar-refractivity contribution >= 4 is 12.1 Å². The maximum Gasteiger partial charge on any atom is 0.410 e. The summed E-state index contributed by atoms with van der Waals surface area (Å²) in [4.78, 5) is 23.4. The Hall–Kier alpha value is -1.26. The summed E-state index contributed by atoms with van der Waals surface area (Å²) in [5.41, 5.74) is 0. The van der Waals surface area contributed by atoms with Gasteiger partial charge in [0, 0.05) is 13.0 Å². The number of carboxylic acids is 1. The number of carboxylic acid groups (broad SMARTS) is 1. The van der Waals surface area contributed by atoms with Crippen molar-refractivity contribution in [2.75, 3.05) is 13.2 Å². The second kappa shape index (κ2) is 5.72. The van der Waals surface area contributed by atoms with E-state index in [9.17, 15) is 9.59 Å². The van der Waals surface area contributed by atoms with Crippen molar-refractivity contribution in [1.82, 2.24) is 4.90 Å². The van der Waals surface area contributed by atoms with Crippen molar-refractivity contribution in [3.63, 3.8) is 0 Å². The zero-order valence-electron chi connectivity index (χ0n) is 9.81. The topological polar surface area (TPSA) is 66.8 Å². The number of hydrogen-bond acceptors (Lipinski definition) is 3. The van der Waals surface area contributed by atoms with E-state index in [4.69, 9.17) is 9.84 Å². The predicted octanol–water partition coefficient (Wildman–Crippen LogP) is 1.72. The zero-order chi connectivity index (χ0) is 12.1. The standard InChI is InChI=1S/C11H19NO4/c1-8(2)9-7-16-11(15)12(9)6-4-3-5-10(13)14/h8-9H,3-7H2,1-2H3,(H,13,14)/t9-/m1/s1. The van der Waals surface area contributed by atoms with E-state index in [1.54, 1.807) is 4.90 Å². The van der Waals surface area contributed by atoms with Gasteiger partial charge in [-0.2, -0.15) is 0 Å². The van der Waals surface area contributed by atoms with E-state index in [0.717, 1.165) is 0 Å². The molecule has 0 aromatic rings. The van der Waals surface area contributed by atoms with E-state index >= 15 is 0 Å². The highest BCUT2D eigenvalue weighted by molar-refractivity contribution is 5.70. The highest BCUT2D eigenvalue weighted by atomic mass is 16.6. The van der Waals surface area contributed by atoms with Crippen LogP contribution in [-0.2, 0) is 9.53 Å². The van der Waals surface area contributed by atoms with Crippen molar-refractivity contribution in [2.24, 2.45) is 5.92 Å². The molecule has 1 aliphatic rings. The summed E-state index contributed by atoms with van der Waals surface area (Å²) in [5, 5.41) is 8.49. The van der Waals surface area contributed by atoms with Gasteiger partial charge in [0.05, 0.1) is 6.04 Å². The second-order valence-corrected chi connectivity index (χ2v) is 4.43. The summed E-state index contributed by atoms with van der Waals surface area (Å²) in [5.74, 6) is -0.421. The molecule has 0 bridgehead atoms. The molecule has 1 amide bonds. The molecule has 1 atom stereocenters. The first-order valence-electron chi connectivity index (χ1n) is 5.67. The minimum atomic E-state index is -0.788. The first-order valence-corrected chi connectivity index (χ1v) is 5.67. The molecule has 0 unspecified atom stereocenters. The monoisotopic (exact) mass is 229 g/mol. The number of carbonyl (C=O) groups is 2. The van der Waals surface area contributed by atoms with Gasteiger partial charge in [-0.15, -0.1) is 0 Å². The SMILES string of the molecule is CC(C)[C@H]1COC(=O)N1CCCCC(=O)O. The quantitative estimate of drug-likeness (QED) is 0.704. The van der Waals surface area contributed by atoms with Gasteiger partial charge in [0.15, 0.2) is 0 Å². The highest BCUT2D eigenvalue weighted by Crippen LogP contribution is 2.19. The van der Waals surface area contributed by atoms with Crippen LogP contribution in [0, 0.1) is 5.92 Å². The fourth-order valence-corrected chi connectivity index (χ4v) is 1.83. The third-order valence-corrected chi connectivity index (χ3v) is 2.82. The van der Waals surface area contributed by atoms with Crippen molar-refractivity contribution in [3.8, 4) is 0 Å². The molecule has 0 aromatic carbocycles. The third-order valence-electron chi connectivity index (χ3n) is 2.82. The lowest BCUT2D eigenvalue weighted by molar-refractivity contribution is -0.137. The molecule has 0 aliphatic carbocycles. The number of rotatable bonds is 6. The molecule has 1 N–H and O–H groups in total. The summed E-state index contributed by atoms with van der Waals surface area (Å²) in [6, 6.07) is 0.136. The molecule has 0 aromatic heterocycles. The van der Waals surface area contributed by atoms with Crippen LogP contribution in [0.25, 0.3) is 0 Å². The number of ether oxygens (including phenoxy) is 1. The van der Waals surface area contributed by atoms with Gasteiger partial charge in [0.2, 0.25) is 0 Å². The Bertz CT molecular complexity index is 265. The number of unbranched alkanes of at least 4 members (excludes halogenated alkanes) is 1. The minimum absolute atomic E-state index is 0.136. The first kappa shape index (κ1) is 12.8. The number of aliphatic carboxylic acids is 1. The number of carbonyl (C=O) groups excluding carboxylic acids is 1. The maximum absolute atomic E-state index is 11.4. The summed E-state index contributed by atoms with van der Waals surface area (Å²) >= 11 is 0. The van der Waals surface area contributed by atoms with Crippen molar-refractivity contribution in [2.45, 2.75) is 39.2 Å². The fourth-order valence-electron chi connectivity index (χ4n) is 1.83.